The first kappa shape index (κ1) is 23.3. The molecule has 0 unspecified atom stereocenters. The van der Waals surface area contributed by atoms with E-state index in [9.17, 15) is 24.8 Å². The fraction of sp³-hybridized carbons (Fsp3) is 0.143. The number of phenols is 1. The topological polar surface area (TPSA) is 131 Å². The molecular formula is C28H21N5O5. The van der Waals surface area contributed by atoms with E-state index >= 15 is 0 Å². The van der Waals surface area contributed by atoms with Crippen molar-refractivity contribution in [2.24, 2.45) is 0 Å². The number of non-ortho nitro benzene ring substituents is 1. The van der Waals surface area contributed by atoms with E-state index in [-0.39, 0.29) is 44.4 Å². The van der Waals surface area contributed by atoms with Gasteiger partial charge in [0.1, 0.15) is 22.5 Å². The molecule has 1 aliphatic heterocycles. The number of rotatable bonds is 3. The first-order valence-corrected chi connectivity index (χ1v) is 11.8. The minimum atomic E-state index is -0.587. The van der Waals surface area contributed by atoms with Crippen molar-refractivity contribution in [1.29, 1.82) is 0 Å². The number of nitro benzene ring substituents is 1. The Balaban J connectivity index is 1.45. The van der Waals surface area contributed by atoms with Crippen LogP contribution in [0.5, 0.6) is 5.75 Å². The number of nitro groups is 1. The number of hydrogen-bond donors (Lipinski definition) is 1. The van der Waals surface area contributed by atoms with Crippen LogP contribution in [0.1, 0.15) is 47.1 Å². The van der Waals surface area contributed by atoms with E-state index in [4.69, 9.17) is 0 Å². The van der Waals surface area contributed by atoms with Crippen LogP contribution in [0.15, 0.2) is 66.7 Å². The lowest BCUT2D eigenvalue weighted by Gasteiger charge is -2.27. The average Bonchev–Trinajstić information content (AvgIpc) is 3.29. The van der Waals surface area contributed by atoms with E-state index in [0.29, 0.717) is 16.7 Å². The molecule has 6 rings (SSSR count). The Morgan fingerprint density at radius 3 is 2.29 bits per heavy atom. The third-order valence-electron chi connectivity index (χ3n) is 6.76. The van der Waals surface area contributed by atoms with Gasteiger partial charge in [-0.25, -0.2) is 4.90 Å². The van der Waals surface area contributed by atoms with Gasteiger partial charge in [-0.05, 0) is 59.5 Å². The van der Waals surface area contributed by atoms with Crippen molar-refractivity contribution in [3.8, 4) is 11.4 Å². The molecule has 0 atom stereocenters. The zero-order valence-electron chi connectivity index (χ0n) is 20.7. The van der Waals surface area contributed by atoms with Crippen LogP contribution >= 0.6 is 0 Å². The summed E-state index contributed by atoms with van der Waals surface area (Å²) in [7, 11) is 0. The number of amides is 2. The van der Waals surface area contributed by atoms with E-state index in [1.54, 1.807) is 36.4 Å². The number of carbonyl (C=O) groups is 2. The number of benzene rings is 4. The predicted octanol–water partition coefficient (Wildman–Crippen LogP) is 5.29. The normalized spacial score (nSPS) is 13.5. The highest BCUT2D eigenvalue weighted by Crippen LogP contribution is 2.37. The van der Waals surface area contributed by atoms with Crippen molar-refractivity contribution < 1.29 is 19.6 Å². The van der Waals surface area contributed by atoms with Crippen molar-refractivity contribution in [3.63, 3.8) is 0 Å². The summed E-state index contributed by atoms with van der Waals surface area (Å²) in [5, 5.41) is 31.5. The summed E-state index contributed by atoms with van der Waals surface area (Å²) in [5.74, 6) is -1.16. The maximum Gasteiger partial charge on any atom is 0.277 e. The Bertz CT molecular complexity index is 1830. The van der Waals surface area contributed by atoms with Crippen LogP contribution in [0, 0.1) is 10.1 Å². The molecular weight excluding hydrogens is 486 g/mol. The van der Waals surface area contributed by atoms with Crippen molar-refractivity contribution in [2.45, 2.75) is 26.2 Å². The van der Waals surface area contributed by atoms with Gasteiger partial charge in [0.25, 0.3) is 17.5 Å². The number of hydrogen-bond acceptors (Lipinski definition) is 7. The zero-order valence-corrected chi connectivity index (χ0v) is 20.7. The highest BCUT2D eigenvalue weighted by Gasteiger charge is 2.36. The number of anilines is 1. The summed E-state index contributed by atoms with van der Waals surface area (Å²) in [6, 6.07) is 17.4. The maximum atomic E-state index is 13.5. The van der Waals surface area contributed by atoms with Crippen LogP contribution in [0.3, 0.4) is 0 Å². The van der Waals surface area contributed by atoms with Gasteiger partial charge in [0.05, 0.1) is 16.0 Å². The van der Waals surface area contributed by atoms with Crippen LogP contribution in [0.25, 0.3) is 27.5 Å². The molecule has 1 aliphatic rings. The van der Waals surface area contributed by atoms with Gasteiger partial charge in [0.2, 0.25) is 0 Å². The highest BCUT2D eigenvalue weighted by molar-refractivity contribution is 6.36. The van der Waals surface area contributed by atoms with Crippen LogP contribution in [-0.2, 0) is 5.41 Å². The minimum Gasteiger partial charge on any atom is -0.506 e. The van der Waals surface area contributed by atoms with Gasteiger partial charge in [-0.3, -0.25) is 19.7 Å². The molecule has 10 nitrogen and oxygen atoms in total. The van der Waals surface area contributed by atoms with Crippen LogP contribution < -0.4 is 4.90 Å². The van der Waals surface area contributed by atoms with Crippen molar-refractivity contribution in [2.75, 3.05) is 4.90 Å². The number of phenolic OH excluding ortho intramolecular Hbond substituents is 1. The van der Waals surface area contributed by atoms with E-state index in [0.717, 1.165) is 10.5 Å². The Morgan fingerprint density at radius 1 is 0.868 bits per heavy atom. The summed E-state index contributed by atoms with van der Waals surface area (Å²) in [6.45, 7) is 6.18. The van der Waals surface area contributed by atoms with Gasteiger partial charge >= 0.3 is 0 Å². The SMILES string of the molecule is CC(C)(C)c1ccc(O)c(-n2nc3ccc(N4C(=O)c5cccc6c([N+](=O)[O-])ccc(c56)C4=O)cc3n2)c1. The lowest BCUT2D eigenvalue weighted by Crippen LogP contribution is -2.40. The van der Waals surface area contributed by atoms with Crippen LogP contribution in [0.4, 0.5) is 11.4 Å². The Kier molecular flexibility index (Phi) is 4.87. The molecule has 188 valence electrons. The molecule has 0 bridgehead atoms. The van der Waals surface area contributed by atoms with E-state index in [1.807, 2.05) is 12.1 Å². The Morgan fingerprint density at radius 2 is 1.58 bits per heavy atom. The summed E-state index contributed by atoms with van der Waals surface area (Å²) in [6.07, 6.45) is 0. The van der Waals surface area contributed by atoms with Gasteiger partial charge in [-0.1, -0.05) is 32.9 Å². The largest absolute Gasteiger partial charge is 0.506 e. The molecule has 4 aromatic carbocycles. The minimum absolute atomic E-state index is 0.0127. The van der Waals surface area contributed by atoms with Gasteiger partial charge in [0, 0.05) is 22.6 Å². The average molecular weight is 508 g/mol. The summed E-state index contributed by atoms with van der Waals surface area (Å²) in [4.78, 5) is 40.3. The number of carbonyl (C=O) groups excluding carboxylic acids is 2. The quantitative estimate of drug-likeness (QED) is 0.199. The molecule has 0 radical (unpaired) electrons. The number of aromatic hydroxyl groups is 1. The lowest BCUT2D eigenvalue weighted by atomic mass is 9.87. The van der Waals surface area contributed by atoms with Gasteiger partial charge in [0.15, 0.2) is 0 Å². The van der Waals surface area contributed by atoms with Crippen molar-refractivity contribution in [3.05, 3.63) is 93.5 Å². The molecule has 0 aliphatic carbocycles. The van der Waals surface area contributed by atoms with Crippen LogP contribution in [0.2, 0.25) is 0 Å². The second kappa shape index (κ2) is 7.94. The molecule has 1 aromatic heterocycles. The standard InChI is InChI=1S/C28H21N5O5/c1-28(2,3)15-7-12-24(34)23(13-15)32-29-20-10-8-16(14-21(20)30-32)31-26(35)18-6-4-5-17-22(33(37)38)11-9-19(25(17)18)27(31)36/h4-14,34H,1-3H3. The summed E-state index contributed by atoms with van der Waals surface area (Å²) >= 11 is 0. The molecule has 2 heterocycles. The molecule has 38 heavy (non-hydrogen) atoms. The third kappa shape index (κ3) is 3.41. The zero-order chi connectivity index (χ0) is 26.9. The predicted molar refractivity (Wildman–Crippen MR) is 141 cm³/mol. The summed E-state index contributed by atoms with van der Waals surface area (Å²) < 4.78 is 0. The van der Waals surface area contributed by atoms with Gasteiger partial charge in [-0.2, -0.15) is 0 Å². The Labute approximate surface area is 215 Å². The molecule has 1 N–H and O–H groups in total. The van der Waals surface area contributed by atoms with Crippen LogP contribution in [-0.4, -0.2) is 36.8 Å². The Hall–Kier alpha value is -5.12. The number of fused-ring (bicyclic) bond motifs is 1. The maximum absolute atomic E-state index is 13.5. The molecule has 10 heteroatoms. The fourth-order valence-electron chi connectivity index (χ4n) is 4.77. The van der Waals surface area contributed by atoms with E-state index < -0.39 is 16.7 Å². The molecule has 0 spiro atoms. The van der Waals surface area contributed by atoms with Gasteiger partial charge < -0.3 is 5.11 Å². The fourth-order valence-corrected chi connectivity index (χ4v) is 4.77. The van der Waals surface area contributed by atoms with Crippen molar-refractivity contribution in [1.82, 2.24) is 15.0 Å². The molecule has 5 aromatic rings. The van der Waals surface area contributed by atoms with E-state index in [2.05, 4.69) is 31.0 Å². The molecule has 0 saturated heterocycles. The summed E-state index contributed by atoms with van der Waals surface area (Å²) in [5.41, 5.74) is 2.68. The number of imide groups is 1. The third-order valence-corrected chi connectivity index (χ3v) is 6.76. The highest BCUT2D eigenvalue weighted by atomic mass is 16.6. The second-order valence-corrected chi connectivity index (χ2v) is 10.2. The number of aromatic nitrogens is 3. The molecule has 2 amide bonds. The molecule has 0 saturated carbocycles. The molecule has 0 fully saturated rings. The number of nitrogens with zero attached hydrogens (tertiary/aromatic N) is 5. The first-order chi connectivity index (χ1) is 18.0. The monoisotopic (exact) mass is 507 g/mol. The lowest BCUT2D eigenvalue weighted by molar-refractivity contribution is -0.383. The second-order valence-electron chi connectivity index (χ2n) is 10.2. The van der Waals surface area contributed by atoms with Gasteiger partial charge in [-0.15, -0.1) is 15.0 Å². The van der Waals surface area contributed by atoms with E-state index in [1.165, 1.54) is 23.0 Å². The smallest absolute Gasteiger partial charge is 0.277 e. The first-order valence-electron chi connectivity index (χ1n) is 11.8. The van der Waals surface area contributed by atoms with Crippen molar-refractivity contribution >= 4 is 45.0 Å².